The van der Waals surface area contributed by atoms with E-state index in [1.807, 2.05) is 81.2 Å². The zero-order chi connectivity index (χ0) is 43.9. The molecule has 334 valence electrons. The molecular weight excluding hydrogens is 813 g/mol. The van der Waals surface area contributed by atoms with Crippen LogP contribution in [0.1, 0.15) is 77.3 Å². The number of aromatic nitrogens is 2. The number of piperazine rings is 1. The van der Waals surface area contributed by atoms with E-state index in [0.29, 0.717) is 66.3 Å². The van der Waals surface area contributed by atoms with E-state index >= 15 is 0 Å². The molecule has 0 aliphatic carbocycles. The molecule has 2 atom stereocenters. The van der Waals surface area contributed by atoms with Crippen molar-refractivity contribution in [1.82, 2.24) is 34.7 Å². The van der Waals surface area contributed by atoms with Crippen LogP contribution in [-0.2, 0) is 16.1 Å². The molecule has 6 aliphatic heterocycles. The summed E-state index contributed by atoms with van der Waals surface area (Å²) in [4.78, 5) is 74.6. The van der Waals surface area contributed by atoms with Gasteiger partial charge >= 0.3 is 6.03 Å². The number of para-hydroxylation sites is 1. The molecule has 6 aliphatic rings. The number of urea groups is 1. The van der Waals surface area contributed by atoms with Gasteiger partial charge in [-0.15, -0.1) is 0 Å². The minimum Gasteiger partial charge on any atom is -0.457 e. The highest BCUT2D eigenvalue weighted by Gasteiger charge is 2.40. The van der Waals surface area contributed by atoms with Crippen molar-refractivity contribution in [2.24, 2.45) is 17.6 Å². The highest BCUT2D eigenvalue weighted by Crippen LogP contribution is 2.41. The maximum Gasteiger partial charge on any atom is 0.320 e. The molecular formula is C48H56N10O6. The number of imide groups is 1. The predicted octanol–water partition coefficient (Wildman–Crippen LogP) is 4.93. The van der Waals surface area contributed by atoms with Gasteiger partial charge in [-0.25, -0.2) is 9.48 Å². The van der Waals surface area contributed by atoms with Crippen molar-refractivity contribution in [2.75, 3.05) is 75.7 Å². The average Bonchev–Trinajstić information content (AvgIpc) is 3.88. The summed E-state index contributed by atoms with van der Waals surface area (Å²) in [6.07, 6.45) is 5.36. The van der Waals surface area contributed by atoms with E-state index in [9.17, 15) is 24.0 Å². The molecule has 1 aromatic heterocycles. The van der Waals surface area contributed by atoms with E-state index in [0.717, 1.165) is 107 Å². The second kappa shape index (κ2) is 17.6. The van der Waals surface area contributed by atoms with E-state index in [-0.39, 0.29) is 36.2 Å². The van der Waals surface area contributed by atoms with Crippen LogP contribution in [0, 0.1) is 11.8 Å². The third-order valence-electron chi connectivity index (χ3n) is 14.3. The SMILES string of the molecule is NC(=O)c1c(-c2ccc(Oc3ccccc3)cc2)nn2c1NCC[C@H]2C1CCN(C(=O)N2CCN(CC3CCN(c4ccc5c(c4)CN(C4CCC(=O)NC4=O)C5=O)CC3)CC2)CC1. The Balaban J connectivity index is 0.685. The average molecular weight is 869 g/mol. The number of piperidine rings is 3. The van der Waals surface area contributed by atoms with E-state index in [1.165, 1.54) is 0 Å². The summed E-state index contributed by atoms with van der Waals surface area (Å²) in [5.74, 6) is 1.66. The zero-order valence-electron chi connectivity index (χ0n) is 36.1. The largest absolute Gasteiger partial charge is 0.457 e. The first-order chi connectivity index (χ1) is 31.2. The van der Waals surface area contributed by atoms with Crippen LogP contribution in [0.3, 0.4) is 0 Å². The fourth-order valence-electron chi connectivity index (χ4n) is 10.8. The molecule has 0 bridgehead atoms. The lowest BCUT2D eigenvalue weighted by Crippen LogP contribution is -2.55. The number of benzene rings is 3. The van der Waals surface area contributed by atoms with Gasteiger partial charge in [0.1, 0.15) is 34.6 Å². The van der Waals surface area contributed by atoms with Crippen LogP contribution in [0.2, 0.25) is 0 Å². The number of carbonyl (C=O) groups excluding carboxylic acids is 5. The molecule has 16 nitrogen and oxygen atoms in total. The number of ether oxygens (including phenoxy) is 1. The first-order valence-electron chi connectivity index (χ1n) is 22.9. The molecule has 4 N–H and O–H groups in total. The number of nitrogens with two attached hydrogens (primary N) is 1. The van der Waals surface area contributed by atoms with E-state index in [2.05, 4.69) is 26.5 Å². The van der Waals surface area contributed by atoms with Gasteiger partial charge in [-0.2, -0.15) is 5.10 Å². The third kappa shape index (κ3) is 8.26. The van der Waals surface area contributed by atoms with Crippen LogP contribution in [0.5, 0.6) is 11.5 Å². The Morgan fingerprint density at radius 2 is 1.50 bits per heavy atom. The number of amides is 6. The molecule has 1 unspecified atom stereocenters. The summed E-state index contributed by atoms with van der Waals surface area (Å²) in [6.45, 7) is 8.59. The van der Waals surface area contributed by atoms with Crippen molar-refractivity contribution in [1.29, 1.82) is 0 Å². The summed E-state index contributed by atoms with van der Waals surface area (Å²) in [5.41, 5.74) is 10.4. The van der Waals surface area contributed by atoms with Crippen LogP contribution in [0.15, 0.2) is 72.8 Å². The molecule has 7 heterocycles. The summed E-state index contributed by atoms with van der Waals surface area (Å²) in [7, 11) is 0. The van der Waals surface area contributed by atoms with Crippen molar-refractivity contribution in [3.05, 3.63) is 89.5 Å². The van der Waals surface area contributed by atoms with E-state index in [1.54, 1.807) is 4.90 Å². The standard InChI is InChI=1S/C48H56N10O6/c49-44(60)42-43(33-6-9-37(10-7-33)64-36-4-2-1-3-5-36)52-58-39(14-19-50-45(42)58)32-17-22-55(23-18-32)48(63)56-26-24-53(25-27-56)29-31-15-20-54(21-16-31)35-8-11-38-34(28-35)30-57(47(38)62)40-12-13-41(59)51-46(40)61/h1-11,28,31-32,39-40,50H,12-27,29-30H2,(H2,49,60)(H,51,59,61)/t39-,40?/m0/s1. The lowest BCUT2D eigenvalue weighted by atomic mass is 9.87. The number of hydrogen-bond acceptors (Lipinski definition) is 10. The van der Waals surface area contributed by atoms with Crippen LogP contribution in [0.4, 0.5) is 16.3 Å². The molecule has 10 rings (SSSR count). The molecule has 0 radical (unpaired) electrons. The normalized spacial score (nSPS) is 22.2. The fraction of sp³-hybridized carbons (Fsp3) is 0.458. The molecule has 3 aromatic carbocycles. The number of nitrogens with one attached hydrogen (secondary N) is 2. The molecule has 16 heteroatoms. The summed E-state index contributed by atoms with van der Waals surface area (Å²) < 4.78 is 7.96. The quantitative estimate of drug-likeness (QED) is 0.196. The first-order valence-corrected chi connectivity index (χ1v) is 22.9. The van der Waals surface area contributed by atoms with Gasteiger partial charge in [0.25, 0.3) is 11.8 Å². The Kier molecular flexibility index (Phi) is 11.5. The van der Waals surface area contributed by atoms with Crippen molar-refractivity contribution in [2.45, 2.75) is 63.6 Å². The minimum absolute atomic E-state index is 0.0911. The molecule has 4 aromatic rings. The van der Waals surface area contributed by atoms with Gasteiger partial charge in [0, 0.05) is 95.2 Å². The zero-order valence-corrected chi connectivity index (χ0v) is 36.1. The number of nitrogens with zero attached hydrogens (tertiary/aromatic N) is 7. The first kappa shape index (κ1) is 41.6. The highest BCUT2D eigenvalue weighted by atomic mass is 16.5. The van der Waals surface area contributed by atoms with Crippen molar-refractivity contribution >= 4 is 41.2 Å². The number of fused-ring (bicyclic) bond motifs is 2. The Bertz CT molecular complexity index is 2420. The van der Waals surface area contributed by atoms with Crippen LogP contribution < -0.4 is 26.0 Å². The smallest absolute Gasteiger partial charge is 0.320 e. The predicted molar refractivity (Wildman–Crippen MR) is 240 cm³/mol. The minimum atomic E-state index is -0.610. The van der Waals surface area contributed by atoms with Gasteiger partial charge in [0.05, 0.1) is 6.04 Å². The third-order valence-corrected chi connectivity index (χ3v) is 14.3. The maximum absolute atomic E-state index is 13.8. The van der Waals surface area contributed by atoms with Crippen molar-refractivity contribution in [3.63, 3.8) is 0 Å². The van der Waals surface area contributed by atoms with Crippen LogP contribution in [0.25, 0.3) is 11.3 Å². The van der Waals surface area contributed by atoms with E-state index < -0.39 is 11.9 Å². The molecule has 0 saturated carbocycles. The van der Waals surface area contributed by atoms with Gasteiger partial charge in [0.2, 0.25) is 11.8 Å². The highest BCUT2D eigenvalue weighted by molar-refractivity contribution is 6.06. The maximum atomic E-state index is 13.8. The molecule has 4 fully saturated rings. The van der Waals surface area contributed by atoms with Gasteiger partial charge in [0.15, 0.2) is 0 Å². The number of rotatable bonds is 9. The second-order valence-corrected chi connectivity index (χ2v) is 18.2. The molecule has 0 spiro atoms. The summed E-state index contributed by atoms with van der Waals surface area (Å²) in [5, 5.41) is 10.8. The van der Waals surface area contributed by atoms with E-state index in [4.69, 9.17) is 15.6 Å². The number of anilines is 2. The monoisotopic (exact) mass is 868 g/mol. The van der Waals surface area contributed by atoms with Gasteiger partial charge in [-0.3, -0.25) is 29.4 Å². The number of hydrogen-bond donors (Lipinski definition) is 3. The Morgan fingerprint density at radius 3 is 2.22 bits per heavy atom. The number of carbonyl (C=O) groups is 5. The van der Waals surface area contributed by atoms with Gasteiger partial charge < -0.3 is 35.4 Å². The van der Waals surface area contributed by atoms with Gasteiger partial charge in [-0.05, 0) is 111 Å². The summed E-state index contributed by atoms with van der Waals surface area (Å²) >= 11 is 0. The van der Waals surface area contributed by atoms with Gasteiger partial charge in [-0.1, -0.05) is 18.2 Å². The number of likely N-dealkylation sites (tertiary alicyclic amines) is 1. The second-order valence-electron chi connectivity index (χ2n) is 18.2. The van der Waals surface area contributed by atoms with Crippen molar-refractivity contribution in [3.8, 4) is 22.8 Å². The van der Waals surface area contributed by atoms with Crippen molar-refractivity contribution < 1.29 is 28.7 Å². The lowest BCUT2D eigenvalue weighted by Gasteiger charge is -2.42. The Labute approximate surface area is 372 Å². The topological polar surface area (TPSA) is 179 Å². The van der Waals surface area contributed by atoms with Crippen LogP contribution >= 0.6 is 0 Å². The summed E-state index contributed by atoms with van der Waals surface area (Å²) in [6, 6.07) is 22.8. The Hall–Kier alpha value is -6.42. The molecule has 64 heavy (non-hydrogen) atoms. The number of primary amides is 1. The lowest BCUT2D eigenvalue weighted by molar-refractivity contribution is -0.136. The Morgan fingerprint density at radius 1 is 0.781 bits per heavy atom. The molecule has 4 saturated heterocycles. The fourth-order valence-corrected chi connectivity index (χ4v) is 10.8. The molecule has 6 amide bonds. The van der Waals surface area contributed by atoms with Crippen LogP contribution in [-0.4, -0.2) is 131 Å².